The van der Waals surface area contributed by atoms with E-state index in [4.69, 9.17) is 12.2 Å². The lowest BCUT2D eigenvalue weighted by molar-refractivity contribution is -0.114. The van der Waals surface area contributed by atoms with Crippen molar-refractivity contribution in [3.05, 3.63) is 58.5 Å². The maximum atomic E-state index is 12.3. The number of nitrogens with one attached hydrogen (secondary N) is 2. The monoisotopic (exact) mass is 456 g/mol. The topological polar surface area (TPSA) is 83.4 Å². The number of benzene rings is 1. The van der Waals surface area contributed by atoms with Crippen molar-refractivity contribution in [3.63, 3.8) is 0 Å². The van der Waals surface area contributed by atoms with Gasteiger partial charge in [-0.25, -0.2) is 0 Å². The molecule has 1 aromatic heterocycles. The van der Waals surface area contributed by atoms with Crippen LogP contribution >= 0.6 is 24.0 Å². The first kappa shape index (κ1) is 21.6. The number of hydrogen-bond acceptors (Lipinski definition) is 5. The van der Waals surface area contributed by atoms with Crippen LogP contribution < -0.4 is 16.2 Å². The zero-order valence-electron chi connectivity index (χ0n) is 17.2. The molecule has 0 aliphatic carbocycles. The summed E-state index contributed by atoms with van der Waals surface area (Å²) in [7, 11) is 0. The molecule has 1 aromatic carbocycles. The van der Waals surface area contributed by atoms with Crippen molar-refractivity contribution in [2.24, 2.45) is 5.92 Å². The Labute approximate surface area is 190 Å². The van der Waals surface area contributed by atoms with Crippen molar-refractivity contribution >= 4 is 51.5 Å². The van der Waals surface area contributed by atoms with Crippen molar-refractivity contribution < 1.29 is 9.59 Å². The van der Waals surface area contributed by atoms with Crippen LogP contribution in [0.5, 0.6) is 0 Å². The number of hydrogen-bond donors (Lipinski definition) is 2. The number of carbonyl (C=O) groups is 2. The zero-order chi connectivity index (χ0) is 22.0. The second-order valence-electron chi connectivity index (χ2n) is 7.96. The maximum Gasteiger partial charge on any atom is 0.250 e. The molecule has 0 radical (unpaired) electrons. The summed E-state index contributed by atoms with van der Waals surface area (Å²) in [6, 6.07) is 12.5. The Hall–Kier alpha value is -2.65. The fraction of sp³-hybridized carbons (Fsp3) is 0.364. The van der Waals surface area contributed by atoms with Crippen LogP contribution in [0.1, 0.15) is 25.0 Å². The number of thiocarbonyl (C=S) groups is 1. The molecule has 0 spiro atoms. The number of aromatic nitrogens is 1. The van der Waals surface area contributed by atoms with Gasteiger partial charge in [0.25, 0.3) is 5.56 Å². The summed E-state index contributed by atoms with van der Waals surface area (Å²) in [4.78, 5) is 37.8. The number of likely N-dealkylation sites (tertiary alicyclic amines) is 1. The number of anilines is 2. The Morgan fingerprint density at radius 1 is 1.06 bits per heavy atom. The van der Waals surface area contributed by atoms with E-state index in [-0.39, 0.29) is 29.0 Å². The molecule has 2 N–H and O–H groups in total. The molecule has 2 amide bonds. The molecular weight excluding hydrogens is 432 g/mol. The summed E-state index contributed by atoms with van der Waals surface area (Å²) in [5, 5.41) is 5.54. The number of thioether (sulfide) groups is 1. The molecule has 2 aliphatic rings. The number of piperidine rings is 1. The molecule has 7 nitrogen and oxygen atoms in total. The van der Waals surface area contributed by atoms with Gasteiger partial charge in [-0.1, -0.05) is 30.0 Å². The van der Waals surface area contributed by atoms with Gasteiger partial charge in [-0.05, 0) is 42.7 Å². The summed E-state index contributed by atoms with van der Waals surface area (Å²) < 4.78 is 2.62. The van der Waals surface area contributed by atoms with E-state index in [9.17, 15) is 14.4 Å². The van der Waals surface area contributed by atoms with Crippen LogP contribution in [0.15, 0.2) is 47.3 Å². The summed E-state index contributed by atoms with van der Waals surface area (Å²) in [5.41, 5.74) is 2.50. The van der Waals surface area contributed by atoms with E-state index in [1.165, 1.54) is 18.7 Å². The molecular formula is C22H24N4O3S2. The van der Waals surface area contributed by atoms with Crippen molar-refractivity contribution in [1.29, 1.82) is 0 Å². The molecule has 2 aromatic rings. The highest BCUT2D eigenvalue weighted by Crippen LogP contribution is 2.36. The number of nitrogens with zero attached hydrogens (tertiary/aromatic N) is 2. The van der Waals surface area contributed by atoms with E-state index in [1.54, 1.807) is 30.3 Å². The van der Waals surface area contributed by atoms with E-state index in [0.717, 1.165) is 36.1 Å². The van der Waals surface area contributed by atoms with Gasteiger partial charge in [0, 0.05) is 55.6 Å². The highest BCUT2D eigenvalue weighted by atomic mass is 32.2. The molecule has 2 aliphatic heterocycles. The first-order chi connectivity index (χ1) is 14.9. The van der Waals surface area contributed by atoms with E-state index >= 15 is 0 Å². The second kappa shape index (κ2) is 9.23. The Morgan fingerprint density at radius 3 is 2.48 bits per heavy atom. The number of amides is 2. The molecule has 0 unspecified atom stereocenters. The predicted octanol–water partition coefficient (Wildman–Crippen LogP) is 2.88. The van der Waals surface area contributed by atoms with Crippen LogP contribution in [0.25, 0.3) is 0 Å². The normalized spacial score (nSPS) is 19.3. The largest absolute Gasteiger partial charge is 0.356 e. The fourth-order valence-corrected chi connectivity index (χ4v) is 5.29. The third kappa shape index (κ3) is 5.16. The van der Waals surface area contributed by atoms with Gasteiger partial charge in [0.15, 0.2) is 0 Å². The minimum absolute atomic E-state index is 0.0689. The maximum absolute atomic E-state index is 12.3. The quantitative estimate of drug-likeness (QED) is 0.689. The Bertz CT molecular complexity index is 1070. The minimum Gasteiger partial charge on any atom is -0.356 e. The van der Waals surface area contributed by atoms with E-state index in [2.05, 4.69) is 15.5 Å². The van der Waals surface area contributed by atoms with Gasteiger partial charge in [0.1, 0.15) is 4.32 Å². The van der Waals surface area contributed by atoms with Gasteiger partial charge >= 0.3 is 0 Å². The number of pyridine rings is 1. The van der Waals surface area contributed by atoms with Crippen LogP contribution in [0, 0.1) is 5.92 Å². The number of carbonyl (C=O) groups excluding carboxylic acids is 2. The van der Waals surface area contributed by atoms with Gasteiger partial charge in [-0.3, -0.25) is 14.4 Å². The molecule has 1 saturated heterocycles. The number of fused-ring (bicyclic) bond motifs is 4. The lowest BCUT2D eigenvalue weighted by atomic mass is 9.83. The standard InChI is InChI=1S/C22H24N4O3S2/c1-14(27)23-17-5-7-18(8-6-17)24-20(28)13-31-22(30)25-10-15-9-16(12-25)19-3-2-4-21(29)26(19)11-15/h2-8,15-16H,9-13H2,1H3,(H,23,27)(H,24,28)/t15-,16-/m1/s1. The summed E-state index contributed by atoms with van der Waals surface area (Å²) in [6.07, 6.45) is 1.07. The lowest BCUT2D eigenvalue weighted by Gasteiger charge is -2.43. The van der Waals surface area contributed by atoms with E-state index < -0.39 is 0 Å². The summed E-state index contributed by atoms with van der Waals surface area (Å²) in [6.45, 7) is 3.77. The van der Waals surface area contributed by atoms with Crippen molar-refractivity contribution in [2.75, 3.05) is 29.5 Å². The molecule has 0 saturated carbocycles. The van der Waals surface area contributed by atoms with Gasteiger partial charge in [-0.2, -0.15) is 0 Å². The van der Waals surface area contributed by atoms with Crippen LogP contribution in [-0.2, 0) is 16.1 Å². The lowest BCUT2D eigenvalue weighted by Crippen LogP contribution is -2.48. The van der Waals surface area contributed by atoms with Crippen LogP contribution in [0.3, 0.4) is 0 Å². The molecule has 162 valence electrons. The van der Waals surface area contributed by atoms with Crippen molar-refractivity contribution in [1.82, 2.24) is 9.47 Å². The molecule has 31 heavy (non-hydrogen) atoms. The molecule has 2 bridgehead atoms. The molecule has 3 heterocycles. The first-order valence-electron chi connectivity index (χ1n) is 10.2. The molecule has 1 fully saturated rings. The first-order valence-corrected chi connectivity index (χ1v) is 11.6. The highest BCUT2D eigenvalue weighted by Gasteiger charge is 2.35. The second-order valence-corrected chi connectivity index (χ2v) is 9.57. The average Bonchev–Trinajstić information content (AvgIpc) is 2.74. The average molecular weight is 457 g/mol. The summed E-state index contributed by atoms with van der Waals surface area (Å²) >= 11 is 6.98. The zero-order valence-corrected chi connectivity index (χ0v) is 18.8. The van der Waals surface area contributed by atoms with Crippen molar-refractivity contribution in [3.8, 4) is 0 Å². The Kier molecular flexibility index (Phi) is 6.43. The minimum atomic E-state index is -0.140. The van der Waals surface area contributed by atoms with Gasteiger partial charge in [0.2, 0.25) is 11.8 Å². The number of rotatable bonds is 4. The van der Waals surface area contributed by atoms with Crippen molar-refractivity contribution in [2.45, 2.75) is 25.8 Å². The van der Waals surface area contributed by atoms with Gasteiger partial charge < -0.3 is 20.1 Å². The fourth-order valence-electron chi connectivity index (χ4n) is 4.30. The third-order valence-electron chi connectivity index (χ3n) is 5.55. The van der Waals surface area contributed by atoms with Crippen LogP contribution in [0.2, 0.25) is 0 Å². The third-order valence-corrected chi connectivity index (χ3v) is 7.08. The smallest absolute Gasteiger partial charge is 0.250 e. The Morgan fingerprint density at radius 2 is 1.77 bits per heavy atom. The van der Waals surface area contributed by atoms with Gasteiger partial charge in [0.05, 0.1) is 5.75 Å². The van der Waals surface area contributed by atoms with E-state index in [1.807, 2.05) is 16.7 Å². The molecule has 2 atom stereocenters. The van der Waals surface area contributed by atoms with E-state index in [0.29, 0.717) is 17.3 Å². The predicted molar refractivity (Wildman–Crippen MR) is 128 cm³/mol. The molecule has 9 heteroatoms. The van der Waals surface area contributed by atoms with Crippen LogP contribution in [-0.4, -0.2) is 44.4 Å². The summed E-state index contributed by atoms with van der Waals surface area (Å²) in [5.74, 6) is 0.637. The van der Waals surface area contributed by atoms with Gasteiger partial charge in [-0.15, -0.1) is 0 Å². The highest BCUT2D eigenvalue weighted by molar-refractivity contribution is 8.23. The Balaban J connectivity index is 1.30. The molecule has 4 rings (SSSR count). The SMILES string of the molecule is CC(=O)Nc1ccc(NC(=O)CSC(=S)N2C[C@H]3C[C@H](C2)c2cccc(=O)n2C3)cc1. The van der Waals surface area contributed by atoms with Crippen LogP contribution in [0.4, 0.5) is 11.4 Å².